The van der Waals surface area contributed by atoms with Crippen LogP contribution in [0.4, 0.5) is 11.4 Å². The monoisotopic (exact) mass is 417 g/mol. The van der Waals surface area contributed by atoms with Crippen LogP contribution in [0.2, 0.25) is 5.02 Å². The molecule has 1 aliphatic heterocycles. The van der Waals surface area contributed by atoms with Gasteiger partial charge in [-0.05, 0) is 31.2 Å². The molecule has 0 atom stereocenters. The maximum Gasteiger partial charge on any atom is 0.339 e. The van der Waals surface area contributed by atoms with Gasteiger partial charge in [0, 0.05) is 48.5 Å². The summed E-state index contributed by atoms with van der Waals surface area (Å²) in [6.07, 6.45) is 0. The molecule has 0 aromatic heterocycles. The number of amides is 1. The van der Waals surface area contributed by atoms with Gasteiger partial charge in [-0.1, -0.05) is 23.7 Å². The first-order valence-electron chi connectivity index (χ1n) is 9.06. The Bertz CT molecular complexity index is 941. The van der Waals surface area contributed by atoms with Gasteiger partial charge in [0.1, 0.15) is 0 Å². The fraction of sp³-hybridized carbons (Fsp3) is 0.300. The number of nitro groups is 1. The van der Waals surface area contributed by atoms with Gasteiger partial charge >= 0.3 is 5.97 Å². The first kappa shape index (κ1) is 20.6. The quantitative estimate of drug-likeness (QED) is 0.421. The van der Waals surface area contributed by atoms with Crippen molar-refractivity contribution in [1.29, 1.82) is 0 Å². The molecule has 1 amide bonds. The zero-order valence-corrected chi connectivity index (χ0v) is 16.6. The fourth-order valence-corrected chi connectivity index (χ4v) is 3.41. The van der Waals surface area contributed by atoms with Crippen LogP contribution in [-0.4, -0.2) is 54.5 Å². The molecule has 1 fully saturated rings. The molecule has 29 heavy (non-hydrogen) atoms. The average molecular weight is 418 g/mol. The normalized spacial score (nSPS) is 13.9. The molecular formula is C20H20ClN3O5. The van der Waals surface area contributed by atoms with Crippen LogP contribution in [-0.2, 0) is 9.53 Å². The topological polar surface area (TPSA) is 93.0 Å². The molecule has 3 rings (SSSR count). The minimum Gasteiger partial charge on any atom is -0.452 e. The van der Waals surface area contributed by atoms with Gasteiger partial charge in [0.25, 0.3) is 11.6 Å². The second kappa shape index (κ2) is 8.91. The van der Waals surface area contributed by atoms with E-state index in [1.165, 1.54) is 25.1 Å². The number of esters is 1. The maximum atomic E-state index is 12.4. The third-order valence-corrected chi connectivity index (χ3v) is 5.09. The van der Waals surface area contributed by atoms with E-state index in [2.05, 4.69) is 4.90 Å². The van der Waals surface area contributed by atoms with Crippen LogP contribution in [0.1, 0.15) is 15.9 Å². The van der Waals surface area contributed by atoms with Crippen molar-refractivity contribution in [3.05, 3.63) is 68.7 Å². The molecule has 0 unspecified atom stereocenters. The number of halogens is 1. The third kappa shape index (κ3) is 4.83. The number of carbonyl (C=O) groups is 2. The van der Waals surface area contributed by atoms with E-state index in [1.807, 2.05) is 24.3 Å². The zero-order valence-electron chi connectivity index (χ0n) is 15.8. The van der Waals surface area contributed by atoms with Crippen molar-refractivity contribution in [2.24, 2.45) is 0 Å². The Morgan fingerprint density at radius 3 is 2.48 bits per heavy atom. The molecule has 2 aromatic carbocycles. The summed E-state index contributed by atoms with van der Waals surface area (Å²) in [5.41, 5.74) is 1.13. The highest BCUT2D eigenvalue weighted by molar-refractivity contribution is 6.30. The summed E-state index contributed by atoms with van der Waals surface area (Å²) in [6.45, 7) is 3.36. The van der Waals surface area contributed by atoms with Crippen molar-refractivity contribution < 1.29 is 19.2 Å². The number of rotatable bonds is 5. The number of anilines is 1. The van der Waals surface area contributed by atoms with Gasteiger partial charge in [0.05, 0.1) is 10.5 Å². The Morgan fingerprint density at radius 2 is 1.83 bits per heavy atom. The Balaban J connectivity index is 1.53. The summed E-state index contributed by atoms with van der Waals surface area (Å²) >= 11 is 6.03. The van der Waals surface area contributed by atoms with Crippen molar-refractivity contribution >= 4 is 34.9 Å². The van der Waals surface area contributed by atoms with Crippen LogP contribution in [0.5, 0.6) is 0 Å². The first-order chi connectivity index (χ1) is 13.9. The van der Waals surface area contributed by atoms with Gasteiger partial charge in [-0.15, -0.1) is 0 Å². The molecule has 0 radical (unpaired) electrons. The molecule has 0 aliphatic carbocycles. The standard InChI is InChI=1S/C20H20ClN3O5/c1-14-17(6-3-7-18(14)24(27)28)20(26)29-13-19(25)23-10-8-22(9-11-23)16-5-2-4-15(21)12-16/h2-7,12H,8-11,13H2,1H3. The van der Waals surface area contributed by atoms with Gasteiger partial charge in [-0.3, -0.25) is 14.9 Å². The molecule has 0 spiro atoms. The van der Waals surface area contributed by atoms with Crippen LogP contribution in [0.25, 0.3) is 0 Å². The highest BCUT2D eigenvalue weighted by Gasteiger charge is 2.24. The Morgan fingerprint density at radius 1 is 1.14 bits per heavy atom. The van der Waals surface area contributed by atoms with E-state index in [-0.39, 0.29) is 22.7 Å². The number of nitro benzene ring substituents is 1. The summed E-state index contributed by atoms with van der Waals surface area (Å²) < 4.78 is 5.10. The molecule has 9 heteroatoms. The lowest BCUT2D eigenvalue weighted by Gasteiger charge is -2.36. The third-order valence-electron chi connectivity index (χ3n) is 4.85. The highest BCUT2D eigenvalue weighted by Crippen LogP contribution is 2.22. The smallest absolute Gasteiger partial charge is 0.339 e. The van der Waals surface area contributed by atoms with Crippen molar-refractivity contribution in [3.63, 3.8) is 0 Å². The van der Waals surface area contributed by atoms with Gasteiger partial charge in [0.15, 0.2) is 6.61 Å². The van der Waals surface area contributed by atoms with Gasteiger partial charge in [0.2, 0.25) is 0 Å². The fourth-order valence-electron chi connectivity index (χ4n) is 3.23. The lowest BCUT2D eigenvalue weighted by Crippen LogP contribution is -2.49. The van der Waals surface area contributed by atoms with Crippen LogP contribution in [0.15, 0.2) is 42.5 Å². The minimum atomic E-state index is -0.753. The number of nitrogens with zero attached hydrogens (tertiary/aromatic N) is 3. The Hall–Kier alpha value is -3.13. The van der Waals surface area contributed by atoms with Crippen molar-refractivity contribution in [2.45, 2.75) is 6.92 Å². The molecule has 1 saturated heterocycles. The van der Waals surface area contributed by atoms with E-state index < -0.39 is 17.5 Å². The molecule has 152 valence electrons. The highest BCUT2D eigenvalue weighted by atomic mass is 35.5. The van der Waals surface area contributed by atoms with E-state index in [9.17, 15) is 19.7 Å². The number of carbonyl (C=O) groups excluding carboxylic acids is 2. The second-order valence-electron chi connectivity index (χ2n) is 6.63. The predicted octanol–water partition coefficient (Wildman–Crippen LogP) is 3.06. The maximum absolute atomic E-state index is 12.4. The number of piperazine rings is 1. The van der Waals surface area contributed by atoms with Gasteiger partial charge < -0.3 is 14.5 Å². The lowest BCUT2D eigenvalue weighted by atomic mass is 10.1. The molecule has 2 aromatic rings. The van der Waals surface area contributed by atoms with Crippen molar-refractivity contribution in [1.82, 2.24) is 4.90 Å². The van der Waals surface area contributed by atoms with Crippen LogP contribution >= 0.6 is 11.6 Å². The molecule has 8 nitrogen and oxygen atoms in total. The average Bonchev–Trinajstić information content (AvgIpc) is 2.72. The largest absolute Gasteiger partial charge is 0.452 e. The van der Waals surface area contributed by atoms with E-state index >= 15 is 0 Å². The number of hydrogen-bond acceptors (Lipinski definition) is 6. The number of ether oxygens (including phenoxy) is 1. The summed E-state index contributed by atoms with van der Waals surface area (Å²) in [4.78, 5) is 38.9. The second-order valence-corrected chi connectivity index (χ2v) is 7.07. The Labute approximate surface area is 172 Å². The minimum absolute atomic E-state index is 0.0813. The molecular weight excluding hydrogens is 398 g/mol. The van der Waals surface area contributed by atoms with Gasteiger partial charge in [-0.25, -0.2) is 4.79 Å². The lowest BCUT2D eigenvalue weighted by molar-refractivity contribution is -0.385. The molecule has 0 N–H and O–H groups in total. The van der Waals surface area contributed by atoms with E-state index in [0.717, 1.165) is 5.69 Å². The molecule has 0 bridgehead atoms. The molecule has 1 aliphatic rings. The van der Waals surface area contributed by atoms with Crippen molar-refractivity contribution in [2.75, 3.05) is 37.7 Å². The SMILES string of the molecule is Cc1c(C(=O)OCC(=O)N2CCN(c3cccc(Cl)c3)CC2)cccc1[N+](=O)[O-]. The molecule has 0 saturated carbocycles. The van der Waals surface area contributed by atoms with E-state index in [0.29, 0.717) is 31.2 Å². The van der Waals surface area contributed by atoms with Crippen LogP contribution in [0.3, 0.4) is 0 Å². The zero-order chi connectivity index (χ0) is 21.0. The Kier molecular flexibility index (Phi) is 6.33. The van der Waals surface area contributed by atoms with Gasteiger partial charge in [-0.2, -0.15) is 0 Å². The van der Waals surface area contributed by atoms with E-state index in [1.54, 1.807) is 4.90 Å². The first-order valence-corrected chi connectivity index (χ1v) is 9.44. The summed E-state index contributed by atoms with van der Waals surface area (Å²) in [5, 5.41) is 11.7. The van der Waals surface area contributed by atoms with Crippen LogP contribution < -0.4 is 4.90 Å². The molecule has 1 heterocycles. The summed E-state index contributed by atoms with van der Waals surface area (Å²) in [5.74, 6) is -1.05. The summed E-state index contributed by atoms with van der Waals surface area (Å²) in [7, 11) is 0. The number of hydrogen-bond donors (Lipinski definition) is 0. The number of benzene rings is 2. The predicted molar refractivity (Wildman–Crippen MR) is 108 cm³/mol. The van der Waals surface area contributed by atoms with Crippen molar-refractivity contribution in [3.8, 4) is 0 Å². The van der Waals surface area contributed by atoms with E-state index in [4.69, 9.17) is 16.3 Å². The summed E-state index contributed by atoms with van der Waals surface area (Å²) in [6, 6.07) is 11.7. The van der Waals surface area contributed by atoms with Crippen LogP contribution in [0, 0.1) is 17.0 Å².